The van der Waals surface area contributed by atoms with Gasteiger partial charge in [-0.25, -0.2) is 4.39 Å². The lowest BCUT2D eigenvalue weighted by molar-refractivity contribution is 0.132. The Kier molecular flexibility index (Phi) is 4.66. The van der Waals surface area contributed by atoms with Gasteiger partial charge in [0.05, 0.1) is 18.0 Å². The molecule has 0 amide bonds. The average molecular weight is 252 g/mol. The van der Waals surface area contributed by atoms with E-state index >= 15 is 0 Å². The van der Waals surface area contributed by atoms with Gasteiger partial charge in [0.15, 0.2) is 0 Å². The van der Waals surface area contributed by atoms with Crippen molar-refractivity contribution in [2.45, 2.75) is 44.8 Å². The van der Waals surface area contributed by atoms with E-state index in [1.807, 2.05) is 0 Å². The van der Waals surface area contributed by atoms with Gasteiger partial charge in [-0.3, -0.25) is 4.98 Å². The van der Waals surface area contributed by atoms with E-state index in [-0.39, 0.29) is 5.82 Å². The third-order valence-corrected chi connectivity index (χ3v) is 3.78. The topological polar surface area (TPSA) is 45.1 Å². The van der Waals surface area contributed by atoms with Gasteiger partial charge in [0, 0.05) is 6.04 Å². The summed E-state index contributed by atoms with van der Waals surface area (Å²) < 4.78 is 12.7. The maximum Gasteiger partial charge on any atom is 0.141 e. The molecule has 4 heteroatoms. The van der Waals surface area contributed by atoms with E-state index in [9.17, 15) is 9.50 Å². The molecule has 0 aromatic carbocycles. The first-order valence-corrected chi connectivity index (χ1v) is 6.72. The predicted octanol–water partition coefficient (Wildman–Crippen LogP) is 2.42. The van der Waals surface area contributed by atoms with Crippen LogP contribution >= 0.6 is 0 Å². The van der Waals surface area contributed by atoms with E-state index in [1.165, 1.54) is 18.9 Å². The van der Waals surface area contributed by atoms with Crippen LogP contribution in [-0.2, 0) is 0 Å². The van der Waals surface area contributed by atoms with E-state index in [0.29, 0.717) is 18.2 Å². The maximum absolute atomic E-state index is 12.7. The highest BCUT2D eigenvalue weighted by atomic mass is 19.1. The van der Waals surface area contributed by atoms with Crippen molar-refractivity contribution in [2.24, 2.45) is 5.92 Å². The van der Waals surface area contributed by atoms with E-state index in [4.69, 9.17) is 0 Å². The number of aliphatic hydroxyl groups is 1. The number of hydrogen-bond acceptors (Lipinski definition) is 3. The van der Waals surface area contributed by atoms with Crippen LogP contribution in [0.15, 0.2) is 18.3 Å². The molecular formula is C14H21FN2O. The van der Waals surface area contributed by atoms with Crippen molar-refractivity contribution in [3.05, 3.63) is 29.8 Å². The molecule has 3 unspecified atom stereocenters. The smallest absolute Gasteiger partial charge is 0.141 e. The Bertz CT molecular complexity index is 369. The molecule has 100 valence electrons. The van der Waals surface area contributed by atoms with Gasteiger partial charge >= 0.3 is 0 Å². The first-order chi connectivity index (χ1) is 8.69. The van der Waals surface area contributed by atoms with Crippen molar-refractivity contribution in [2.75, 3.05) is 6.54 Å². The lowest BCUT2D eigenvalue weighted by atomic mass is 9.87. The summed E-state index contributed by atoms with van der Waals surface area (Å²) in [5, 5.41) is 13.5. The van der Waals surface area contributed by atoms with Crippen LogP contribution in [0.3, 0.4) is 0 Å². The van der Waals surface area contributed by atoms with Crippen LogP contribution in [0.25, 0.3) is 0 Å². The second-order valence-electron chi connectivity index (χ2n) is 5.10. The highest BCUT2D eigenvalue weighted by Gasteiger charge is 2.23. The van der Waals surface area contributed by atoms with Gasteiger partial charge in [-0.05, 0) is 43.9 Å². The zero-order valence-electron chi connectivity index (χ0n) is 10.8. The van der Waals surface area contributed by atoms with Crippen molar-refractivity contribution >= 4 is 0 Å². The molecule has 0 aliphatic carbocycles. The summed E-state index contributed by atoms with van der Waals surface area (Å²) in [5.74, 6) is 0.386. The Labute approximate surface area is 107 Å². The zero-order chi connectivity index (χ0) is 13.0. The predicted molar refractivity (Wildman–Crippen MR) is 68.6 cm³/mol. The Hall–Kier alpha value is -1.00. The quantitative estimate of drug-likeness (QED) is 0.865. The first-order valence-electron chi connectivity index (χ1n) is 6.72. The van der Waals surface area contributed by atoms with Gasteiger partial charge < -0.3 is 10.4 Å². The highest BCUT2D eigenvalue weighted by molar-refractivity contribution is 5.08. The molecule has 0 spiro atoms. The van der Waals surface area contributed by atoms with Crippen molar-refractivity contribution in [3.8, 4) is 0 Å². The van der Waals surface area contributed by atoms with Crippen LogP contribution < -0.4 is 5.32 Å². The molecule has 1 saturated heterocycles. The molecule has 1 fully saturated rings. The number of aromatic nitrogens is 1. The third kappa shape index (κ3) is 3.50. The zero-order valence-corrected chi connectivity index (χ0v) is 10.8. The standard InChI is InChI=1S/C14H21FN2O/c1-2-10-5-6-16-12(7-10)8-14(18)13-4-3-11(15)9-17-13/h3-4,9-10,12,14,16,18H,2,5-8H2,1H3. The molecular weight excluding hydrogens is 231 g/mol. The van der Waals surface area contributed by atoms with Crippen molar-refractivity contribution in [1.82, 2.24) is 10.3 Å². The van der Waals surface area contributed by atoms with Gasteiger partial charge in [0.1, 0.15) is 5.82 Å². The van der Waals surface area contributed by atoms with Crippen LogP contribution in [0.4, 0.5) is 4.39 Å². The Morgan fingerprint density at radius 2 is 2.39 bits per heavy atom. The Balaban J connectivity index is 1.90. The monoisotopic (exact) mass is 252 g/mol. The van der Waals surface area contributed by atoms with Gasteiger partial charge in [0.2, 0.25) is 0 Å². The van der Waals surface area contributed by atoms with Gasteiger partial charge in [0.25, 0.3) is 0 Å². The minimum Gasteiger partial charge on any atom is -0.387 e. The highest BCUT2D eigenvalue weighted by Crippen LogP contribution is 2.25. The lowest BCUT2D eigenvalue weighted by Gasteiger charge is -2.31. The summed E-state index contributed by atoms with van der Waals surface area (Å²) >= 11 is 0. The van der Waals surface area contributed by atoms with Gasteiger partial charge in [-0.2, -0.15) is 0 Å². The number of hydrogen-bond donors (Lipinski definition) is 2. The number of nitrogens with one attached hydrogen (secondary N) is 1. The molecule has 3 atom stereocenters. The molecule has 2 rings (SSSR count). The average Bonchev–Trinajstić information content (AvgIpc) is 2.39. The third-order valence-electron chi connectivity index (χ3n) is 3.78. The summed E-state index contributed by atoms with van der Waals surface area (Å²) in [6.07, 6.45) is 4.71. The van der Waals surface area contributed by atoms with Crippen molar-refractivity contribution < 1.29 is 9.50 Å². The number of rotatable bonds is 4. The number of piperidine rings is 1. The minimum atomic E-state index is -0.612. The largest absolute Gasteiger partial charge is 0.387 e. The summed E-state index contributed by atoms with van der Waals surface area (Å²) in [5.41, 5.74) is 0.553. The number of halogens is 1. The lowest BCUT2D eigenvalue weighted by Crippen LogP contribution is -2.39. The summed E-state index contributed by atoms with van der Waals surface area (Å²) in [4.78, 5) is 3.93. The van der Waals surface area contributed by atoms with Gasteiger partial charge in [-0.15, -0.1) is 0 Å². The van der Waals surface area contributed by atoms with Crippen molar-refractivity contribution in [1.29, 1.82) is 0 Å². The van der Waals surface area contributed by atoms with Gasteiger partial charge in [-0.1, -0.05) is 13.3 Å². The molecule has 3 nitrogen and oxygen atoms in total. The van der Waals surface area contributed by atoms with Crippen LogP contribution in [-0.4, -0.2) is 22.7 Å². The fraction of sp³-hybridized carbons (Fsp3) is 0.643. The fourth-order valence-corrected chi connectivity index (χ4v) is 2.62. The molecule has 1 aromatic heterocycles. The van der Waals surface area contributed by atoms with Crippen molar-refractivity contribution in [3.63, 3.8) is 0 Å². The van der Waals surface area contributed by atoms with Crippen LogP contribution in [0.5, 0.6) is 0 Å². The molecule has 1 aliphatic heterocycles. The Morgan fingerprint density at radius 1 is 1.56 bits per heavy atom. The number of pyridine rings is 1. The Morgan fingerprint density at radius 3 is 3.06 bits per heavy atom. The number of aliphatic hydroxyl groups excluding tert-OH is 1. The van der Waals surface area contributed by atoms with E-state index in [0.717, 1.165) is 25.1 Å². The second kappa shape index (κ2) is 6.25. The maximum atomic E-state index is 12.7. The van der Waals surface area contributed by atoms with Crippen LogP contribution in [0.1, 0.15) is 44.4 Å². The molecule has 0 radical (unpaired) electrons. The minimum absolute atomic E-state index is 0.338. The van der Waals surface area contributed by atoms with E-state index in [2.05, 4.69) is 17.2 Å². The number of nitrogens with zero attached hydrogens (tertiary/aromatic N) is 1. The summed E-state index contributed by atoms with van der Waals surface area (Å²) in [6.45, 7) is 3.23. The molecule has 0 bridgehead atoms. The molecule has 1 aliphatic rings. The SMILES string of the molecule is CCC1CCNC(CC(O)c2ccc(F)cn2)C1. The summed E-state index contributed by atoms with van der Waals surface area (Å²) in [7, 11) is 0. The summed E-state index contributed by atoms with van der Waals surface area (Å²) in [6, 6.07) is 3.24. The fourth-order valence-electron chi connectivity index (χ4n) is 2.62. The molecule has 1 aromatic rings. The normalized spacial score (nSPS) is 25.9. The molecule has 2 N–H and O–H groups in total. The second-order valence-corrected chi connectivity index (χ2v) is 5.10. The van der Waals surface area contributed by atoms with Crippen LogP contribution in [0, 0.1) is 11.7 Å². The first kappa shape index (κ1) is 13.4. The van der Waals surface area contributed by atoms with E-state index in [1.54, 1.807) is 6.07 Å². The van der Waals surface area contributed by atoms with Crippen LogP contribution in [0.2, 0.25) is 0 Å². The molecule has 18 heavy (non-hydrogen) atoms. The van der Waals surface area contributed by atoms with E-state index < -0.39 is 6.10 Å². The molecule has 0 saturated carbocycles. The molecule has 2 heterocycles.